The molecule has 19 heavy (non-hydrogen) atoms. The first-order valence-corrected chi connectivity index (χ1v) is 7.60. The molecule has 0 amide bonds. The summed E-state index contributed by atoms with van der Waals surface area (Å²) in [5.41, 5.74) is 1.21. The molecule has 1 aromatic rings. The van der Waals surface area contributed by atoms with Crippen LogP contribution in [0.25, 0.3) is 0 Å². The highest BCUT2D eigenvalue weighted by atomic mass is 16.5. The van der Waals surface area contributed by atoms with Crippen LogP contribution < -0.4 is 10.1 Å². The van der Waals surface area contributed by atoms with Gasteiger partial charge in [-0.05, 0) is 31.9 Å². The van der Waals surface area contributed by atoms with E-state index in [0.717, 1.165) is 31.9 Å². The predicted molar refractivity (Wildman–Crippen MR) is 80.6 cm³/mol. The number of nitrogens with zero attached hydrogens (tertiary/aromatic N) is 1. The average Bonchev–Trinajstić information content (AvgIpc) is 2.45. The topological polar surface area (TPSA) is 34.1 Å². The van der Waals surface area contributed by atoms with Crippen molar-refractivity contribution in [2.75, 3.05) is 13.2 Å². The number of unbranched alkanes of at least 4 members (excludes halogenated alkanes) is 3. The summed E-state index contributed by atoms with van der Waals surface area (Å²) in [4.78, 5) is 4.36. The van der Waals surface area contributed by atoms with E-state index in [1.165, 1.54) is 24.8 Å². The Labute approximate surface area is 117 Å². The Morgan fingerprint density at radius 2 is 2.00 bits per heavy atom. The minimum Gasteiger partial charge on any atom is -0.478 e. The van der Waals surface area contributed by atoms with Crippen molar-refractivity contribution in [1.82, 2.24) is 10.3 Å². The SMILES string of the molecule is CCCCCCOc1ccc(C(C)NCCC)cn1. The number of hydrogen-bond donors (Lipinski definition) is 1. The van der Waals surface area contributed by atoms with Gasteiger partial charge in [-0.3, -0.25) is 0 Å². The normalized spacial score (nSPS) is 12.4. The van der Waals surface area contributed by atoms with Gasteiger partial charge < -0.3 is 10.1 Å². The first-order chi connectivity index (χ1) is 9.27. The highest BCUT2D eigenvalue weighted by Crippen LogP contribution is 2.14. The molecule has 0 fully saturated rings. The lowest BCUT2D eigenvalue weighted by Gasteiger charge is -2.13. The van der Waals surface area contributed by atoms with Crippen LogP contribution in [0.15, 0.2) is 18.3 Å². The first-order valence-electron chi connectivity index (χ1n) is 7.60. The van der Waals surface area contributed by atoms with Crippen LogP contribution in [0, 0.1) is 0 Å². The van der Waals surface area contributed by atoms with Gasteiger partial charge in [0, 0.05) is 18.3 Å². The largest absolute Gasteiger partial charge is 0.478 e. The molecule has 1 atom stereocenters. The quantitative estimate of drug-likeness (QED) is 0.646. The summed E-state index contributed by atoms with van der Waals surface area (Å²) in [6.07, 6.45) is 7.97. The van der Waals surface area contributed by atoms with Crippen LogP contribution in [0.4, 0.5) is 0 Å². The van der Waals surface area contributed by atoms with Crippen molar-refractivity contribution in [1.29, 1.82) is 0 Å². The smallest absolute Gasteiger partial charge is 0.213 e. The predicted octanol–water partition coefficient (Wildman–Crippen LogP) is 4.10. The Bertz CT molecular complexity index is 324. The van der Waals surface area contributed by atoms with Gasteiger partial charge in [-0.25, -0.2) is 4.98 Å². The van der Waals surface area contributed by atoms with Gasteiger partial charge in [-0.15, -0.1) is 0 Å². The molecule has 0 aliphatic carbocycles. The molecular formula is C16H28N2O. The third-order valence-corrected chi connectivity index (χ3v) is 3.21. The second kappa shape index (κ2) is 9.79. The van der Waals surface area contributed by atoms with Crippen LogP contribution in [0.2, 0.25) is 0 Å². The van der Waals surface area contributed by atoms with E-state index in [0.29, 0.717) is 6.04 Å². The van der Waals surface area contributed by atoms with Crippen LogP contribution in [0.5, 0.6) is 5.88 Å². The molecule has 0 radical (unpaired) electrons. The minimum absolute atomic E-state index is 0.353. The van der Waals surface area contributed by atoms with E-state index < -0.39 is 0 Å². The maximum atomic E-state index is 5.64. The summed E-state index contributed by atoms with van der Waals surface area (Å²) in [7, 11) is 0. The molecule has 1 rings (SSSR count). The van der Waals surface area contributed by atoms with E-state index in [2.05, 4.69) is 37.1 Å². The van der Waals surface area contributed by atoms with Crippen LogP contribution >= 0.6 is 0 Å². The average molecular weight is 264 g/mol. The lowest BCUT2D eigenvalue weighted by molar-refractivity contribution is 0.293. The fourth-order valence-corrected chi connectivity index (χ4v) is 1.92. The van der Waals surface area contributed by atoms with Crippen molar-refractivity contribution >= 4 is 0 Å². The molecule has 1 heterocycles. The fraction of sp³-hybridized carbons (Fsp3) is 0.688. The summed E-state index contributed by atoms with van der Waals surface area (Å²) < 4.78 is 5.64. The highest BCUT2D eigenvalue weighted by molar-refractivity contribution is 5.20. The van der Waals surface area contributed by atoms with Crippen LogP contribution in [0.3, 0.4) is 0 Å². The zero-order valence-electron chi connectivity index (χ0n) is 12.6. The number of pyridine rings is 1. The van der Waals surface area contributed by atoms with Crippen molar-refractivity contribution < 1.29 is 4.74 Å². The molecule has 3 nitrogen and oxygen atoms in total. The summed E-state index contributed by atoms with van der Waals surface area (Å²) in [6.45, 7) is 8.37. The second-order valence-corrected chi connectivity index (χ2v) is 5.01. The van der Waals surface area contributed by atoms with Gasteiger partial charge in [0.15, 0.2) is 0 Å². The van der Waals surface area contributed by atoms with Crippen molar-refractivity contribution in [2.45, 2.75) is 58.9 Å². The van der Waals surface area contributed by atoms with Crippen molar-refractivity contribution in [3.8, 4) is 5.88 Å². The van der Waals surface area contributed by atoms with Gasteiger partial charge in [-0.1, -0.05) is 39.2 Å². The van der Waals surface area contributed by atoms with Crippen molar-refractivity contribution in [3.63, 3.8) is 0 Å². The molecule has 0 aliphatic heterocycles. The standard InChI is InChI=1S/C16H28N2O/c1-4-6-7-8-12-19-16-10-9-15(13-18-16)14(3)17-11-5-2/h9-10,13-14,17H,4-8,11-12H2,1-3H3. The molecule has 0 aromatic carbocycles. The van der Waals surface area contributed by atoms with E-state index >= 15 is 0 Å². The Hall–Kier alpha value is -1.09. The summed E-state index contributed by atoms with van der Waals surface area (Å²) in [6, 6.07) is 4.42. The molecule has 1 N–H and O–H groups in total. The number of rotatable bonds is 10. The van der Waals surface area contributed by atoms with Crippen LogP contribution in [-0.2, 0) is 0 Å². The summed E-state index contributed by atoms with van der Waals surface area (Å²) >= 11 is 0. The first kappa shape index (κ1) is 16.0. The fourth-order valence-electron chi connectivity index (χ4n) is 1.92. The van der Waals surface area contributed by atoms with Crippen molar-refractivity contribution in [3.05, 3.63) is 23.9 Å². The molecule has 0 saturated carbocycles. The highest BCUT2D eigenvalue weighted by Gasteiger charge is 2.04. The van der Waals surface area contributed by atoms with Gasteiger partial charge >= 0.3 is 0 Å². The Morgan fingerprint density at radius 1 is 1.16 bits per heavy atom. The summed E-state index contributed by atoms with van der Waals surface area (Å²) in [5, 5.41) is 3.45. The molecule has 0 bridgehead atoms. The van der Waals surface area contributed by atoms with E-state index in [-0.39, 0.29) is 0 Å². The van der Waals surface area contributed by atoms with Gasteiger partial charge in [0.1, 0.15) is 0 Å². The molecule has 1 aromatic heterocycles. The zero-order valence-corrected chi connectivity index (χ0v) is 12.6. The third-order valence-electron chi connectivity index (χ3n) is 3.21. The zero-order chi connectivity index (χ0) is 13.9. The second-order valence-electron chi connectivity index (χ2n) is 5.01. The van der Waals surface area contributed by atoms with Crippen LogP contribution in [0.1, 0.15) is 64.5 Å². The molecule has 0 spiro atoms. The van der Waals surface area contributed by atoms with E-state index in [4.69, 9.17) is 4.74 Å². The van der Waals surface area contributed by atoms with Gasteiger partial charge in [0.05, 0.1) is 6.61 Å². The Balaban J connectivity index is 2.30. The molecule has 108 valence electrons. The molecule has 0 saturated heterocycles. The Morgan fingerprint density at radius 3 is 2.63 bits per heavy atom. The number of ether oxygens (including phenoxy) is 1. The third kappa shape index (κ3) is 6.58. The number of aromatic nitrogens is 1. The van der Waals surface area contributed by atoms with E-state index in [1.54, 1.807) is 0 Å². The molecule has 1 unspecified atom stereocenters. The van der Waals surface area contributed by atoms with E-state index in [1.807, 2.05) is 12.3 Å². The van der Waals surface area contributed by atoms with E-state index in [9.17, 15) is 0 Å². The Kier molecular flexibility index (Phi) is 8.23. The molecular weight excluding hydrogens is 236 g/mol. The van der Waals surface area contributed by atoms with Gasteiger partial charge in [-0.2, -0.15) is 0 Å². The summed E-state index contributed by atoms with van der Waals surface area (Å²) in [5.74, 6) is 0.739. The molecule has 0 aliphatic rings. The monoisotopic (exact) mass is 264 g/mol. The number of hydrogen-bond acceptors (Lipinski definition) is 3. The maximum Gasteiger partial charge on any atom is 0.213 e. The maximum absolute atomic E-state index is 5.64. The van der Waals surface area contributed by atoms with Crippen molar-refractivity contribution in [2.24, 2.45) is 0 Å². The number of nitrogens with one attached hydrogen (secondary N) is 1. The molecule has 3 heteroatoms. The van der Waals surface area contributed by atoms with Crippen LogP contribution in [-0.4, -0.2) is 18.1 Å². The van der Waals surface area contributed by atoms with Gasteiger partial charge in [0.25, 0.3) is 0 Å². The lowest BCUT2D eigenvalue weighted by atomic mass is 10.1. The van der Waals surface area contributed by atoms with Gasteiger partial charge in [0.2, 0.25) is 5.88 Å². The lowest BCUT2D eigenvalue weighted by Crippen LogP contribution is -2.19. The minimum atomic E-state index is 0.353.